The molecule has 1 atom stereocenters. The van der Waals surface area contributed by atoms with E-state index in [0.717, 1.165) is 24.2 Å². The van der Waals surface area contributed by atoms with Gasteiger partial charge in [0.2, 0.25) is 0 Å². The highest BCUT2D eigenvalue weighted by Crippen LogP contribution is 2.24. The number of halogens is 2. The predicted molar refractivity (Wildman–Crippen MR) is 79.4 cm³/mol. The van der Waals surface area contributed by atoms with Crippen LogP contribution in [0.15, 0.2) is 30.6 Å². The van der Waals surface area contributed by atoms with Crippen molar-refractivity contribution in [2.24, 2.45) is 0 Å². The quantitative estimate of drug-likeness (QED) is 0.882. The molecule has 0 aliphatic carbocycles. The lowest BCUT2D eigenvalue weighted by Crippen LogP contribution is -2.22. The van der Waals surface area contributed by atoms with Crippen LogP contribution in [0.2, 0.25) is 5.02 Å². The Kier molecular flexibility index (Phi) is 5.15. The van der Waals surface area contributed by atoms with E-state index >= 15 is 0 Å². The highest BCUT2D eigenvalue weighted by Gasteiger charge is 2.15. The summed E-state index contributed by atoms with van der Waals surface area (Å²) in [5, 5.41) is 8.19. The largest absolute Gasteiger partial charge is 0.310 e. The van der Waals surface area contributed by atoms with Crippen molar-refractivity contribution in [3.63, 3.8) is 0 Å². The fourth-order valence-electron chi connectivity index (χ4n) is 2.19. The van der Waals surface area contributed by atoms with Crippen molar-refractivity contribution in [3.05, 3.63) is 52.6 Å². The Labute approximate surface area is 123 Å². The van der Waals surface area contributed by atoms with Gasteiger partial charge in [0.1, 0.15) is 5.82 Å². The SMILES string of the molecule is CCNC(Cc1ccc(F)cc1Cl)c1cnn(CC)c1. The molecule has 0 spiro atoms. The summed E-state index contributed by atoms with van der Waals surface area (Å²) in [5.74, 6) is -0.308. The maximum Gasteiger partial charge on any atom is 0.124 e. The molecule has 5 heteroatoms. The Morgan fingerprint density at radius 1 is 1.40 bits per heavy atom. The molecule has 1 aromatic heterocycles. The van der Waals surface area contributed by atoms with Gasteiger partial charge in [0.15, 0.2) is 0 Å². The first-order valence-corrected chi connectivity index (χ1v) is 7.21. The molecule has 0 fully saturated rings. The van der Waals surface area contributed by atoms with Crippen molar-refractivity contribution >= 4 is 11.6 Å². The molecular formula is C15H19ClFN3. The molecular weight excluding hydrogens is 277 g/mol. The Morgan fingerprint density at radius 3 is 2.80 bits per heavy atom. The first kappa shape index (κ1) is 15.0. The van der Waals surface area contributed by atoms with Crippen molar-refractivity contribution in [2.45, 2.75) is 32.9 Å². The van der Waals surface area contributed by atoms with E-state index in [-0.39, 0.29) is 11.9 Å². The number of benzene rings is 1. The molecule has 0 radical (unpaired) electrons. The van der Waals surface area contributed by atoms with Gasteiger partial charge in [0, 0.05) is 29.4 Å². The molecule has 2 aromatic rings. The molecule has 0 bridgehead atoms. The van der Waals surface area contributed by atoms with Crippen molar-refractivity contribution < 1.29 is 4.39 Å². The number of aryl methyl sites for hydroxylation is 1. The molecule has 108 valence electrons. The topological polar surface area (TPSA) is 29.9 Å². The smallest absolute Gasteiger partial charge is 0.124 e. The average molecular weight is 296 g/mol. The van der Waals surface area contributed by atoms with Crippen LogP contribution in [0.4, 0.5) is 4.39 Å². The van der Waals surface area contributed by atoms with Gasteiger partial charge < -0.3 is 5.32 Å². The molecule has 20 heavy (non-hydrogen) atoms. The van der Waals surface area contributed by atoms with E-state index in [9.17, 15) is 4.39 Å². The molecule has 0 aliphatic heterocycles. The minimum absolute atomic E-state index is 0.128. The van der Waals surface area contributed by atoms with E-state index in [0.29, 0.717) is 11.4 Å². The molecule has 1 unspecified atom stereocenters. The Balaban J connectivity index is 2.20. The molecule has 3 nitrogen and oxygen atoms in total. The molecule has 1 heterocycles. The van der Waals surface area contributed by atoms with Gasteiger partial charge in [-0.2, -0.15) is 5.10 Å². The maximum atomic E-state index is 13.1. The normalized spacial score (nSPS) is 12.6. The lowest BCUT2D eigenvalue weighted by molar-refractivity contribution is 0.547. The molecule has 1 N–H and O–H groups in total. The summed E-state index contributed by atoms with van der Waals surface area (Å²) in [5.41, 5.74) is 2.05. The minimum Gasteiger partial charge on any atom is -0.310 e. The highest BCUT2D eigenvalue weighted by atomic mass is 35.5. The van der Waals surface area contributed by atoms with E-state index < -0.39 is 0 Å². The summed E-state index contributed by atoms with van der Waals surface area (Å²) in [6.07, 6.45) is 4.61. The zero-order valence-corrected chi connectivity index (χ0v) is 12.5. The Hall–Kier alpha value is -1.39. The van der Waals surface area contributed by atoms with Gasteiger partial charge in [0.25, 0.3) is 0 Å². The predicted octanol–water partition coefficient (Wildman–Crippen LogP) is 3.59. The monoisotopic (exact) mass is 295 g/mol. The fourth-order valence-corrected chi connectivity index (χ4v) is 2.44. The van der Waals surface area contributed by atoms with Gasteiger partial charge in [-0.3, -0.25) is 4.68 Å². The van der Waals surface area contributed by atoms with Crippen molar-refractivity contribution in [1.29, 1.82) is 0 Å². The Morgan fingerprint density at radius 2 is 2.20 bits per heavy atom. The number of likely N-dealkylation sites (N-methyl/N-ethyl adjacent to an activating group) is 1. The summed E-state index contributed by atoms with van der Waals surface area (Å²) < 4.78 is 15.0. The van der Waals surface area contributed by atoms with Crippen LogP contribution in [0.1, 0.15) is 31.0 Å². The minimum atomic E-state index is -0.308. The van der Waals surface area contributed by atoms with Crippen LogP contribution < -0.4 is 5.32 Å². The van der Waals surface area contributed by atoms with Gasteiger partial charge >= 0.3 is 0 Å². The van der Waals surface area contributed by atoms with Gasteiger partial charge in [-0.1, -0.05) is 24.6 Å². The van der Waals surface area contributed by atoms with Crippen LogP contribution in [0.5, 0.6) is 0 Å². The summed E-state index contributed by atoms with van der Waals surface area (Å²) in [7, 11) is 0. The number of hydrogen-bond donors (Lipinski definition) is 1. The third kappa shape index (κ3) is 3.58. The van der Waals surface area contributed by atoms with Crippen LogP contribution in [0, 0.1) is 5.82 Å². The van der Waals surface area contributed by atoms with E-state index in [2.05, 4.69) is 24.3 Å². The zero-order valence-electron chi connectivity index (χ0n) is 11.7. The third-order valence-electron chi connectivity index (χ3n) is 3.27. The van der Waals surface area contributed by atoms with E-state index in [1.54, 1.807) is 6.07 Å². The number of aromatic nitrogens is 2. The second-order valence-corrected chi connectivity index (χ2v) is 5.09. The third-order valence-corrected chi connectivity index (χ3v) is 3.62. The van der Waals surface area contributed by atoms with Crippen LogP contribution >= 0.6 is 11.6 Å². The molecule has 2 rings (SSSR count). The average Bonchev–Trinajstić information content (AvgIpc) is 2.90. The molecule has 0 saturated heterocycles. The second-order valence-electron chi connectivity index (χ2n) is 4.68. The molecule has 0 saturated carbocycles. The number of hydrogen-bond acceptors (Lipinski definition) is 2. The van der Waals surface area contributed by atoms with Crippen LogP contribution in [0.3, 0.4) is 0 Å². The first-order chi connectivity index (χ1) is 9.63. The van der Waals surface area contributed by atoms with Gasteiger partial charge in [0.05, 0.1) is 6.20 Å². The molecule has 0 aliphatic rings. The van der Waals surface area contributed by atoms with Crippen molar-refractivity contribution in [1.82, 2.24) is 15.1 Å². The zero-order chi connectivity index (χ0) is 14.5. The number of nitrogens with one attached hydrogen (secondary N) is 1. The van der Waals surface area contributed by atoms with E-state index in [4.69, 9.17) is 11.6 Å². The Bertz CT molecular complexity index is 568. The van der Waals surface area contributed by atoms with Gasteiger partial charge in [-0.05, 0) is 37.6 Å². The summed E-state index contributed by atoms with van der Waals surface area (Å²) >= 11 is 6.11. The van der Waals surface area contributed by atoms with Crippen molar-refractivity contribution in [3.8, 4) is 0 Å². The maximum absolute atomic E-state index is 13.1. The molecule has 0 amide bonds. The number of nitrogens with zero attached hydrogens (tertiary/aromatic N) is 2. The summed E-state index contributed by atoms with van der Waals surface area (Å²) in [6.45, 7) is 5.80. The first-order valence-electron chi connectivity index (χ1n) is 6.83. The van der Waals surface area contributed by atoms with Gasteiger partial charge in [-0.25, -0.2) is 4.39 Å². The highest BCUT2D eigenvalue weighted by molar-refractivity contribution is 6.31. The summed E-state index contributed by atoms with van der Waals surface area (Å²) in [4.78, 5) is 0. The summed E-state index contributed by atoms with van der Waals surface area (Å²) in [6, 6.07) is 4.67. The van der Waals surface area contributed by atoms with Crippen molar-refractivity contribution in [2.75, 3.05) is 6.54 Å². The number of rotatable bonds is 6. The van der Waals surface area contributed by atoms with Crippen LogP contribution in [0.25, 0.3) is 0 Å². The lowest BCUT2D eigenvalue weighted by atomic mass is 10.0. The standard InChI is InChI=1S/C15H19ClFN3/c1-3-18-15(12-9-19-20(4-2)10-12)7-11-5-6-13(17)8-14(11)16/h5-6,8-10,15,18H,3-4,7H2,1-2H3. The molecule has 1 aromatic carbocycles. The van der Waals surface area contributed by atoms with Crippen LogP contribution in [-0.4, -0.2) is 16.3 Å². The second kappa shape index (κ2) is 6.86. The van der Waals surface area contributed by atoms with Crippen LogP contribution in [-0.2, 0) is 13.0 Å². The van der Waals surface area contributed by atoms with Gasteiger partial charge in [-0.15, -0.1) is 0 Å². The van der Waals surface area contributed by atoms with E-state index in [1.165, 1.54) is 12.1 Å². The fraction of sp³-hybridized carbons (Fsp3) is 0.400. The lowest BCUT2D eigenvalue weighted by Gasteiger charge is -2.17. The van der Waals surface area contributed by atoms with E-state index in [1.807, 2.05) is 17.1 Å².